The van der Waals surface area contributed by atoms with E-state index >= 15 is 0 Å². The first-order valence-electron chi connectivity index (χ1n) is 3.41. The first-order valence-corrected chi connectivity index (χ1v) is 3.82. The normalized spacial score (nSPS) is 9.18. The SMILES string of the molecule is CCn1cc(CN=C=S)cn1. The predicted octanol–water partition coefficient (Wildman–Crippen LogP) is 1.51. The van der Waals surface area contributed by atoms with Crippen LogP contribution in [0.25, 0.3) is 0 Å². The lowest BCUT2D eigenvalue weighted by Crippen LogP contribution is -1.92. The third-order valence-electron chi connectivity index (χ3n) is 1.34. The molecule has 1 rings (SSSR count). The molecule has 1 heterocycles. The second kappa shape index (κ2) is 4.01. The van der Waals surface area contributed by atoms with Crippen LogP contribution in [-0.2, 0) is 13.1 Å². The molecule has 0 atom stereocenters. The van der Waals surface area contributed by atoms with Gasteiger partial charge in [0, 0.05) is 18.3 Å². The van der Waals surface area contributed by atoms with Crippen molar-refractivity contribution < 1.29 is 0 Å². The van der Waals surface area contributed by atoms with Crippen molar-refractivity contribution in [2.24, 2.45) is 4.99 Å². The number of hydrogen-bond acceptors (Lipinski definition) is 3. The molecule has 0 N–H and O–H groups in total. The van der Waals surface area contributed by atoms with Gasteiger partial charge in [-0.3, -0.25) is 4.68 Å². The van der Waals surface area contributed by atoms with Gasteiger partial charge in [0.15, 0.2) is 0 Å². The number of aryl methyl sites for hydroxylation is 1. The Labute approximate surface area is 70.8 Å². The summed E-state index contributed by atoms with van der Waals surface area (Å²) in [7, 11) is 0. The summed E-state index contributed by atoms with van der Waals surface area (Å²) < 4.78 is 1.86. The Morgan fingerprint density at radius 1 is 1.82 bits per heavy atom. The summed E-state index contributed by atoms with van der Waals surface area (Å²) in [5, 5.41) is 6.40. The van der Waals surface area contributed by atoms with Crippen molar-refractivity contribution in [2.75, 3.05) is 0 Å². The summed E-state index contributed by atoms with van der Waals surface area (Å²) in [5.74, 6) is 0. The van der Waals surface area contributed by atoms with E-state index in [1.54, 1.807) is 6.20 Å². The van der Waals surface area contributed by atoms with Crippen LogP contribution in [0.4, 0.5) is 0 Å². The summed E-state index contributed by atoms with van der Waals surface area (Å²) in [6, 6.07) is 0. The van der Waals surface area contributed by atoms with E-state index in [0.29, 0.717) is 6.54 Å². The maximum Gasteiger partial charge on any atom is 0.0773 e. The predicted molar refractivity (Wildman–Crippen MR) is 46.6 cm³/mol. The zero-order chi connectivity index (χ0) is 8.10. The minimum absolute atomic E-state index is 0.587. The second-order valence-electron chi connectivity index (χ2n) is 2.11. The van der Waals surface area contributed by atoms with Crippen molar-refractivity contribution in [3.8, 4) is 0 Å². The first kappa shape index (κ1) is 8.11. The summed E-state index contributed by atoms with van der Waals surface area (Å²) in [4.78, 5) is 3.80. The number of thiocarbonyl (C=S) groups is 1. The fourth-order valence-electron chi connectivity index (χ4n) is 0.785. The molecule has 1 aromatic rings. The number of aromatic nitrogens is 2. The Morgan fingerprint density at radius 3 is 3.18 bits per heavy atom. The number of nitrogens with zero attached hydrogens (tertiary/aromatic N) is 3. The number of hydrogen-bond donors (Lipinski definition) is 0. The molecule has 0 saturated heterocycles. The third-order valence-corrected chi connectivity index (χ3v) is 1.47. The Hall–Kier alpha value is -0.990. The number of isothiocyanates is 1. The monoisotopic (exact) mass is 167 g/mol. The average molecular weight is 167 g/mol. The molecule has 4 heteroatoms. The van der Waals surface area contributed by atoms with Crippen molar-refractivity contribution in [3.63, 3.8) is 0 Å². The molecule has 0 amide bonds. The quantitative estimate of drug-likeness (QED) is 0.504. The van der Waals surface area contributed by atoms with Crippen LogP contribution >= 0.6 is 12.2 Å². The number of rotatable bonds is 3. The van der Waals surface area contributed by atoms with Crippen LogP contribution in [0.15, 0.2) is 17.4 Å². The minimum Gasteiger partial charge on any atom is -0.273 e. The average Bonchev–Trinajstić information content (AvgIpc) is 2.48. The Bertz CT molecular complexity index is 273. The summed E-state index contributed by atoms with van der Waals surface area (Å²) in [6.07, 6.45) is 3.75. The zero-order valence-corrected chi connectivity index (χ0v) is 7.14. The Morgan fingerprint density at radius 2 is 2.64 bits per heavy atom. The van der Waals surface area contributed by atoms with Gasteiger partial charge < -0.3 is 0 Å². The van der Waals surface area contributed by atoms with Crippen molar-refractivity contribution in [3.05, 3.63) is 18.0 Å². The first-order chi connectivity index (χ1) is 5.36. The molecule has 11 heavy (non-hydrogen) atoms. The molecule has 0 aliphatic heterocycles. The van der Waals surface area contributed by atoms with E-state index in [4.69, 9.17) is 0 Å². The van der Waals surface area contributed by atoms with Gasteiger partial charge in [-0.25, -0.2) is 4.99 Å². The van der Waals surface area contributed by atoms with Crippen molar-refractivity contribution in [1.82, 2.24) is 9.78 Å². The molecular weight excluding hydrogens is 158 g/mol. The summed E-state index contributed by atoms with van der Waals surface area (Å²) in [6.45, 7) is 3.52. The largest absolute Gasteiger partial charge is 0.273 e. The third kappa shape index (κ3) is 2.26. The van der Waals surface area contributed by atoms with Crippen molar-refractivity contribution >= 4 is 17.4 Å². The molecular formula is C7H9N3S. The molecule has 0 aliphatic carbocycles. The summed E-state index contributed by atoms with van der Waals surface area (Å²) >= 11 is 4.44. The highest BCUT2D eigenvalue weighted by Crippen LogP contribution is 1.98. The van der Waals surface area contributed by atoms with Gasteiger partial charge >= 0.3 is 0 Å². The van der Waals surface area contributed by atoms with Gasteiger partial charge in [-0.2, -0.15) is 5.10 Å². The van der Waals surface area contributed by atoms with Crippen LogP contribution in [-0.4, -0.2) is 14.9 Å². The topological polar surface area (TPSA) is 30.2 Å². The van der Waals surface area contributed by atoms with Gasteiger partial charge in [0.05, 0.1) is 17.9 Å². The van der Waals surface area contributed by atoms with E-state index in [0.717, 1.165) is 12.1 Å². The lowest BCUT2D eigenvalue weighted by Gasteiger charge is -1.89. The van der Waals surface area contributed by atoms with E-state index in [-0.39, 0.29) is 0 Å². The lowest BCUT2D eigenvalue weighted by molar-refractivity contribution is 0.659. The highest BCUT2D eigenvalue weighted by molar-refractivity contribution is 7.78. The molecule has 0 aliphatic rings. The molecule has 0 fully saturated rings. The van der Waals surface area contributed by atoms with Gasteiger partial charge in [0.1, 0.15) is 0 Å². The summed E-state index contributed by atoms with van der Waals surface area (Å²) in [5.41, 5.74) is 1.07. The fraction of sp³-hybridized carbons (Fsp3) is 0.429. The molecule has 58 valence electrons. The fourth-order valence-corrected chi connectivity index (χ4v) is 0.849. The minimum atomic E-state index is 0.587. The molecule has 0 saturated carbocycles. The van der Waals surface area contributed by atoms with E-state index in [1.807, 2.05) is 17.8 Å². The van der Waals surface area contributed by atoms with Gasteiger partial charge in [0.2, 0.25) is 0 Å². The maximum atomic E-state index is 4.44. The zero-order valence-electron chi connectivity index (χ0n) is 6.32. The Kier molecular flexibility index (Phi) is 2.95. The van der Waals surface area contributed by atoms with E-state index in [2.05, 4.69) is 27.5 Å². The van der Waals surface area contributed by atoms with Crippen molar-refractivity contribution in [1.29, 1.82) is 0 Å². The van der Waals surface area contributed by atoms with Gasteiger partial charge in [-0.05, 0) is 19.1 Å². The van der Waals surface area contributed by atoms with Gasteiger partial charge in [0.25, 0.3) is 0 Å². The standard InChI is InChI=1S/C7H9N3S/c1-2-10-5-7(4-9-10)3-8-6-11/h4-5H,2-3H2,1H3. The molecule has 0 aromatic carbocycles. The molecule has 1 aromatic heterocycles. The highest BCUT2D eigenvalue weighted by Gasteiger charge is 1.93. The van der Waals surface area contributed by atoms with Crippen molar-refractivity contribution in [2.45, 2.75) is 20.0 Å². The van der Waals surface area contributed by atoms with Crippen LogP contribution in [0.3, 0.4) is 0 Å². The van der Waals surface area contributed by atoms with E-state index < -0.39 is 0 Å². The van der Waals surface area contributed by atoms with Gasteiger partial charge in [-0.15, -0.1) is 0 Å². The molecule has 0 bridgehead atoms. The maximum absolute atomic E-state index is 4.44. The van der Waals surface area contributed by atoms with Crippen LogP contribution in [0.1, 0.15) is 12.5 Å². The smallest absolute Gasteiger partial charge is 0.0773 e. The molecule has 3 nitrogen and oxygen atoms in total. The van der Waals surface area contributed by atoms with Gasteiger partial charge in [-0.1, -0.05) is 0 Å². The molecule has 0 unspecified atom stereocenters. The highest BCUT2D eigenvalue weighted by atomic mass is 32.1. The van der Waals surface area contributed by atoms with Crippen LogP contribution in [0, 0.1) is 0 Å². The van der Waals surface area contributed by atoms with Crippen LogP contribution in [0.5, 0.6) is 0 Å². The van der Waals surface area contributed by atoms with E-state index in [1.165, 1.54) is 0 Å². The van der Waals surface area contributed by atoms with Crippen LogP contribution in [0.2, 0.25) is 0 Å². The Balaban J connectivity index is 2.64. The number of aliphatic imine (C=N–C) groups is 1. The second-order valence-corrected chi connectivity index (χ2v) is 2.29. The lowest BCUT2D eigenvalue weighted by atomic mass is 10.4. The molecule has 0 radical (unpaired) electrons. The van der Waals surface area contributed by atoms with E-state index in [9.17, 15) is 0 Å². The van der Waals surface area contributed by atoms with Crippen LogP contribution < -0.4 is 0 Å². The molecule has 0 spiro atoms.